The summed E-state index contributed by atoms with van der Waals surface area (Å²) in [7, 11) is 1.33. The second kappa shape index (κ2) is 16.0. The van der Waals surface area contributed by atoms with Crippen molar-refractivity contribution in [2.75, 3.05) is 7.11 Å². The number of ether oxygens (including phenoxy) is 1. The first-order valence-electron chi connectivity index (χ1n) is 12.6. The highest BCUT2D eigenvalue weighted by Crippen LogP contribution is 2.34. The third kappa shape index (κ3) is 10.8. The number of hydrogen-bond donors (Lipinski definition) is 2. The highest BCUT2D eigenvalue weighted by atomic mass is 16.5. The third-order valence-electron chi connectivity index (χ3n) is 6.45. The van der Waals surface area contributed by atoms with E-state index in [2.05, 4.69) is 18.3 Å². The molecule has 1 fully saturated rings. The van der Waals surface area contributed by atoms with Gasteiger partial charge < -0.3 is 15.2 Å². The largest absolute Gasteiger partial charge is 0.467 e. The molecule has 32 heavy (non-hydrogen) atoms. The van der Waals surface area contributed by atoms with Gasteiger partial charge in [0.15, 0.2) is 0 Å². The zero-order valence-corrected chi connectivity index (χ0v) is 20.6. The second-order valence-electron chi connectivity index (χ2n) is 9.49. The van der Waals surface area contributed by atoms with Gasteiger partial charge in [-0.1, -0.05) is 71.4 Å². The van der Waals surface area contributed by atoms with E-state index in [0.717, 1.165) is 64.2 Å². The van der Waals surface area contributed by atoms with E-state index in [1.807, 2.05) is 19.9 Å². The highest BCUT2D eigenvalue weighted by molar-refractivity contribution is 5.84. The van der Waals surface area contributed by atoms with Gasteiger partial charge >= 0.3 is 5.97 Å². The smallest absolute Gasteiger partial charge is 0.328 e. The van der Waals surface area contributed by atoms with E-state index in [4.69, 9.17) is 4.74 Å². The van der Waals surface area contributed by atoms with Crippen LogP contribution in [0.2, 0.25) is 0 Å². The lowest BCUT2D eigenvalue weighted by molar-refractivity contribution is -0.146. The zero-order chi connectivity index (χ0) is 23.9. The number of allylic oxidation sites excluding steroid dienone is 1. The second-order valence-corrected chi connectivity index (χ2v) is 9.49. The van der Waals surface area contributed by atoms with Gasteiger partial charge in [0.1, 0.15) is 11.8 Å². The maximum absolute atomic E-state index is 12.3. The van der Waals surface area contributed by atoms with Crippen molar-refractivity contribution in [3.63, 3.8) is 0 Å². The molecule has 0 spiro atoms. The number of amides is 1. The summed E-state index contributed by atoms with van der Waals surface area (Å²) < 4.78 is 4.75. The molecular formula is C26H45NO5. The van der Waals surface area contributed by atoms with Crippen LogP contribution in [-0.4, -0.2) is 42.0 Å². The van der Waals surface area contributed by atoms with Crippen LogP contribution in [0.1, 0.15) is 97.8 Å². The average molecular weight is 452 g/mol. The summed E-state index contributed by atoms with van der Waals surface area (Å²) in [4.78, 5) is 36.2. The van der Waals surface area contributed by atoms with Crippen molar-refractivity contribution in [3.05, 3.63) is 12.2 Å². The lowest BCUT2D eigenvalue weighted by atomic mass is 9.89. The number of ketones is 1. The van der Waals surface area contributed by atoms with Crippen LogP contribution in [0.3, 0.4) is 0 Å². The third-order valence-corrected chi connectivity index (χ3v) is 6.45. The normalized spacial score (nSPS) is 20.6. The van der Waals surface area contributed by atoms with Crippen LogP contribution >= 0.6 is 0 Å². The Balaban J connectivity index is 2.28. The average Bonchev–Trinajstić information content (AvgIpc) is 3.11. The number of Topliss-reactive ketones (excluding diaryl/α,β-unsaturated/α-hetero) is 1. The quantitative estimate of drug-likeness (QED) is 0.201. The van der Waals surface area contributed by atoms with Crippen LogP contribution in [0.25, 0.3) is 0 Å². The first-order valence-corrected chi connectivity index (χ1v) is 12.6. The molecule has 1 aliphatic rings. The number of methoxy groups -OCH3 is 1. The number of carbonyl (C=O) groups is 3. The van der Waals surface area contributed by atoms with Crippen molar-refractivity contribution in [2.45, 2.75) is 110 Å². The molecule has 1 rings (SSSR count). The van der Waals surface area contributed by atoms with Crippen molar-refractivity contribution in [1.82, 2.24) is 5.32 Å². The fraction of sp³-hybridized carbons (Fsp3) is 0.808. The molecule has 2 N–H and O–H groups in total. The van der Waals surface area contributed by atoms with Crippen LogP contribution in [0.5, 0.6) is 0 Å². The molecule has 0 aromatic rings. The van der Waals surface area contributed by atoms with Gasteiger partial charge in [0.05, 0.1) is 13.2 Å². The number of unbranched alkanes of at least 4 members (excludes halogenated alkanes) is 5. The Morgan fingerprint density at radius 3 is 2.53 bits per heavy atom. The van der Waals surface area contributed by atoms with Crippen LogP contribution in [0, 0.1) is 17.8 Å². The summed E-state index contributed by atoms with van der Waals surface area (Å²) in [6.45, 7) is 5.91. The molecule has 0 saturated heterocycles. The van der Waals surface area contributed by atoms with Crippen LogP contribution in [0.4, 0.5) is 0 Å². The molecule has 0 aromatic heterocycles. The minimum absolute atomic E-state index is 0.0187. The summed E-state index contributed by atoms with van der Waals surface area (Å²) >= 11 is 0. The van der Waals surface area contributed by atoms with Gasteiger partial charge in [0.2, 0.25) is 5.91 Å². The van der Waals surface area contributed by atoms with E-state index in [0.29, 0.717) is 18.6 Å². The van der Waals surface area contributed by atoms with Crippen LogP contribution in [0.15, 0.2) is 12.2 Å². The Kier molecular flexibility index (Phi) is 14.2. The molecule has 0 aliphatic heterocycles. The number of aliphatic hydroxyl groups excluding tert-OH is 1. The molecule has 0 heterocycles. The number of nitrogens with one attached hydrogen (secondary N) is 1. The fourth-order valence-electron chi connectivity index (χ4n) is 4.38. The number of esters is 1. The Morgan fingerprint density at radius 1 is 1.16 bits per heavy atom. The standard InChI is InChI=1S/C26H45NO5/c1-5-6-9-12-21(28)17-15-20-16-18-23(29)22(20)13-10-7-8-11-14-24(30)27-25(19(2)3)26(31)32-4/h15,17,19-22,25,28H,5-14,16,18H2,1-4H3,(H,27,30). The summed E-state index contributed by atoms with van der Waals surface area (Å²) in [5.41, 5.74) is 0. The maximum Gasteiger partial charge on any atom is 0.328 e. The number of aliphatic hydroxyl groups is 1. The van der Waals surface area contributed by atoms with Gasteiger partial charge in [-0.05, 0) is 37.5 Å². The molecule has 0 aromatic carbocycles. The summed E-state index contributed by atoms with van der Waals surface area (Å²) in [5, 5.41) is 12.9. The highest BCUT2D eigenvalue weighted by Gasteiger charge is 2.32. The molecule has 4 atom stereocenters. The van der Waals surface area contributed by atoms with E-state index in [1.165, 1.54) is 7.11 Å². The monoisotopic (exact) mass is 451 g/mol. The maximum atomic E-state index is 12.3. The lowest BCUT2D eigenvalue weighted by Crippen LogP contribution is -2.44. The predicted molar refractivity (Wildman–Crippen MR) is 127 cm³/mol. The molecule has 1 saturated carbocycles. The summed E-state index contributed by atoms with van der Waals surface area (Å²) in [6, 6.07) is -0.601. The van der Waals surface area contributed by atoms with Crippen LogP contribution in [-0.2, 0) is 19.1 Å². The minimum Gasteiger partial charge on any atom is -0.467 e. The molecule has 184 valence electrons. The molecule has 1 aliphatic carbocycles. The molecule has 1 amide bonds. The molecule has 6 heteroatoms. The van der Waals surface area contributed by atoms with Crippen molar-refractivity contribution < 1.29 is 24.2 Å². The van der Waals surface area contributed by atoms with E-state index in [9.17, 15) is 19.5 Å². The van der Waals surface area contributed by atoms with Gasteiger partial charge in [0, 0.05) is 18.8 Å². The molecule has 4 unspecified atom stereocenters. The topological polar surface area (TPSA) is 92.7 Å². The van der Waals surface area contributed by atoms with Gasteiger partial charge in [0.25, 0.3) is 0 Å². The zero-order valence-electron chi connectivity index (χ0n) is 20.6. The number of rotatable bonds is 16. The van der Waals surface area contributed by atoms with Crippen molar-refractivity contribution >= 4 is 17.7 Å². The van der Waals surface area contributed by atoms with Crippen LogP contribution < -0.4 is 5.32 Å². The van der Waals surface area contributed by atoms with Gasteiger partial charge in [-0.3, -0.25) is 9.59 Å². The lowest BCUT2D eigenvalue weighted by Gasteiger charge is -2.19. The Morgan fingerprint density at radius 2 is 1.88 bits per heavy atom. The van der Waals surface area contributed by atoms with Crippen molar-refractivity contribution in [3.8, 4) is 0 Å². The van der Waals surface area contributed by atoms with E-state index in [1.54, 1.807) is 0 Å². The van der Waals surface area contributed by atoms with Gasteiger partial charge in [-0.2, -0.15) is 0 Å². The van der Waals surface area contributed by atoms with E-state index >= 15 is 0 Å². The Hall–Kier alpha value is -1.69. The summed E-state index contributed by atoms with van der Waals surface area (Å²) in [6.07, 6.45) is 14.1. The van der Waals surface area contributed by atoms with Gasteiger partial charge in [-0.15, -0.1) is 0 Å². The van der Waals surface area contributed by atoms with Crippen molar-refractivity contribution in [1.29, 1.82) is 0 Å². The first kappa shape index (κ1) is 28.3. The minimum atomic E-state index is -0.601. The van der Waals surface area contributed by atoms with E-state index < -0.39 is 18.1 Å². The molecule has 0 bridgehead atoms. The first-order chi connectivity index (χ1) is 15.3. The predicted octanol–water partition coefficient (Wildman–Crippen LogP) is 4.73. The fourth-order valence-corrected chi connectivity index (χ4v) is 4.38. The molecule has 0 radical (unpaired) electrons. The Labute approximate surface area is 194 Å². The molecular weight excluding hydrogens is 406 g/mol. The Bertz CT molecular complexity index is 601. The van der Waals surface area contributed by atoms with Crippen molar-refractivity contribution in [2.24, 2.45) is 17.8 Å². The SMILES string of the molecule is CCCCCC(O)C=CC1CCC(=O)C1CCCCCCC(=O)NC(C(=O)OC)C(C)C. The van der Waals surface area contributed by atoms with E-state index in [-0.39, 0.29) is 23.7 Å². The summed E-state index contributed by atoms with van der Waals surface area (Å²) in [5.74, 6) is 0.121. The molecule has 6 nitrogen and oxygen atoms in total. The van der Waals surface area contributed by atoms with Gasteiger partial charge in [-0.25, -0.2) is 4.79 Å². The number of carbonyl (C=O) groups excluding carboxylic acids is 3. The number of hydrogen-bond acceptors (Lipinski definition) is 5.